The van der Waals surface area contributed by atoms with Crippen LogP contribution in [0.15, 0.2) is 23.1 Å². The summed E-state index contributed by atoms with van der Waals surface area (Å²) in [6, 6.07) is 4.71. The fraction of sp³-hybridized carbons (Fsp3) is 0.500. The van der Waals surface area contributed by atoms with Crippen LogP contribution in [0.25, 0.3) is 0 Å². The maximum Gasteiger partial charge on any atom is 0.175 e. The summed E-state index contributed by atoms with van der Waals surface area (Å²) >= 11 is 0. The fourth-order valence-electron chi connectivity index (χ4n) is 1.47. The van der Waals surface area contributed by atoms with E-state index >= 15 is 0 Å². The zero-order chi connectivity index (χ0) is 13.6. The first-order valence-electron chi connectivity index (χ1n) is 5.86. The summed E-state index contributed by atoms with van der Waals surface area (Å²) in [5, 5.41) is 3.15. The largest absolute Gasteiger partial charge is 0.397 e. The highest BCUT2D eigenvalue weighted by molar-refractivity contribution is 7.90. The summed E-state index contributed by atoms with van der Waals surface area (Å²) in [5.74, 6) is 0. The third-order valence-corrected chi connectivity index (χ3v) is 3.55. The molecule has 0 saturated heterocycles. The molecule has 102 valence electrons. The van der Waals surface area contributed by atoms with Gasteiger partial charge in [0.25, 0.3) is 0 Å². The summed E-state index contributed by atoms with van der Waals surface area (Å²) in [6.07, 6.45) is 2.04. The monoisotopic (exact) mass is 272 g/mol. The highest BCUT2D eigenvalue weighted by atomic mass is 32.2. The summed E-state index contributed by atoms with van der Waals surface area (Å²) < 4.78 is 27.9. The number of nitrogens with one attached hydrogen (secondary N) is 1. The first kappa shape index (κ1) is 14.8. The number of sulfone groups is 1. The Morgan fingerprint density at radius 3 is 2.67 bits per heavy atom. The van der Waals surface area contributed by atoms with E-state index in [2.05, 4.69) is 5.32 Å². The number of hydrogen-bond acceptors (Lipinski definition) is 5. The van der Waals surface area contributed by atoms with Crippen molar-refractivity contribution in [3.8, 4) is 0 Å². The van der Waals surface area contributed by atoms with Crippen molar-refractivity contribution in [1.82, 2.24) is 0 Å². The Hall–Kier alpha value is -1.27. The van der Waals surface area contributed by atoms with Crippen LogP contribution >= 0.6 is 0 Å². The fourth-order valence-corrected chi connectivity index (χ4v) is 2.13. The number of nitrogen functional groups attached to an aromatic ring is 1. The van der Waals surface area contributed by atoms with Gasteiger partial charge >= 0.3 is 0 Å². The Morgan fingerprint density at radius 1 is 1.39 bits per heavy atom. The average molecular weight is 272 g/mol. The highest BCUT2D eigenvalue weighted by Gasteiger charge is 2.08. The predicted octanol–water partition coefficient (Wildman–Crippen LogP) is 1.51. The van der Waals surface area contributed by atoms with Gasteiger partial charge in [0.15, 0.2) is 9.84 Å². The van der Waals surface area contributed by atoms with Crippen LogP contribution in [-0.2, 0) is 14.6 Å². The van der Waals surface area contributed by atoms with Crippen molar-refractivity contribution in [2.24, 2.45) is 0 Å². The van der Waals surface area contributed by atoms with E-state index in [0.717, 1.165) is 24.9 Å². The van der Waals surface area contributed by atoms with Gasteiger partial charge in [0.1, 0.15) is 0 Å². The van der Waals surface area contributed by atoms with E-state index in [4.69, 9.17) is 10.5 Å². The number of rotatable bonds is 7. The Bertz CT molecular complexity index is 486. The molecule has 0 spiro atoms. The lowest BCUT2D eigenvalue weighted by molar-refractivity contribution is 0.147. The molecule has 1 aromatic carbocycles. The number of nitrogens with two attached hydrogens (primary N) is 1. The first-order chi connectivity index (χ1) is 8.45. The van der Waals surface area contributed by atoms with Crippen LogP contribution < -0.4 is 11.1 Å². The van der Waals surface area contributed by atoms with Gasteiger partial charge in [0.2, 0.25) is 0 Å². The van der Waals surface area contributed by atoms with Gasteiger partial charge in [0.05, 0.1) is 16.3 Å². The van der Waals surface area contributed by atoms with Crippen molar-refractivity contribution in [1.29, 1.82) is 0 Å². The minimum absolute atomic E-state index is 0.236. The summed E-state index contributed by atoms with van der Waals surface area (Å²) in [6.45, 7) is 4.10. The molecule has 1 rings (SSSR count). The van der Waals surface area contributed by atoms with E-state index in [9.17, 15) is 8.42 Å². The molecule has 0 aromatic heterocycles. The Balaban J connectivity index is 2.58. The van der Waals surface area contributed by atoms with Crippen LogP contribution in [0.2, 0.25) is 0 Å². The molecule has 0 atom stereocenters. The number of anilines is 2. The van der Waals surface area contributed by atoms with E-state index in [1.165, 1.54) is 6.07 Å². The van der Waals surface area contributed by atoms with Gasteiger partial charge in [-0.1, -0.05) is 0 Å². The molecule has 0 heterocycles. The van der Waals surface area contributed by atoms with E-state index in [1.54, 1.807) is 12.1 Å². The zero-order valence-corrected chi connectivity index (χ0v) is 11.6. The van der Waals surface area contributed by atoms with Crippen molar-refractivity contribution in [2.75, 3.05) is 37.1 Å². The first-order valence-corrected chi connectivity index (χ1v) is 7.75. The molecule has 0 aliphatic rings. The molecule has 0 saturated carbocycles. The van der Waals surface area contributed by atoms with E-state index in [0.29, 0.717) is 18.9 Å². The quantitative estimate of drug-likeness (QED) is 0.581. The molecular weight excluding hydrogens is 252 g/mol. The Kier molecular flexibility index (Phi) is 5.43. The molecule has 0 radical (unpaired) electrons. The molecule has 0 aliphatic carbocycles. The lowest BCUT2D eigenvalue weighted by Gasteiger charge is -2.10. The van der Waals surface area contributed by atoms with Gasteiger partial charge in [0, 0.05) is 26.0 Å². The molecule has 3 N–H and O–H groups in total. The van der Waals surface area contributed by atoms with Crippen LogP contribution in [0.3, 0.4) is 0 Å². The Labute approximate surface area is 108 Å². The predicted molar refractivity (Wildman–Crippen MR) is 73.6 cm³/mol. The molecule has 0 amide bonds. The van der Waals surface area contributed by atoms with Crippen molar-refractivity contribution in [3.63, 3.8) is 0 Å². The maximum absolute atomic E-state index is 11.3. The molecule has 18 heavy (non-hydrogen) atoms. The van der Waals surface area contributed by atoms with E-state index in [1.807, 2.05) is 6.92 Å². The van der Waals surface area contributed by atoms with Crippen molar-refractivity contribution in [2.45, 2.75) is 18.2 Å². The summed E-state index contributed by atoms with van der Waals surface area (Å²) in [5.41, 5.74) is 6.99. The number of ether oxygens (including phenoxy) is 1. The third-order valence-electron chi connectivity index (χ3n) is 2.44. The second-order valence-electron chi connectivity index (χ2n) is 4.00. The number of hydrogen-bond donors (Lipinski definition) is 2. The van der Waals surface area contributed by atoms with Gasteiger partial charge in [-0.15, -0.1) is 0 Å². The highest BCUT2D eigenvalue weighted by Crippen LogP contribution is 2.22. The minimum Gasteiger partial charge on any atom is -0.397 e. The second-order valence-corrected chi connectivity index (χ2v) is 6.01. The minimum atomic E-state index is -3.20. The zero-order valence-electron chi connectivity index (χ0n) is 10.8. The van der Waals surface area contributed by atoms with Gasteiger partial charge in [-0.25, -0.2) is 8.42 Å². The third kappa shape index (κ3) is 4.54. The van der Waals surface area contributed by atoms with Crippen molar-refractivity contribution in [3.05, 3.63) is 18.2 Å². The van der Waals surface area contributed by atoms with E-state index < -0.39 is 9.84 Å². The lowest BCUT2D eigenvalue weighted by Crippen LogP contribution is -2.08. The molecular formula is C12H20N2O3S. The van der Waals surface area contributed by atoms with Gasteiger partial charge in [-0.3, -0.25) is 0 Å². The van der Waals surface area contributed by atoms with Gasteiger partial charge in [-0.05, 0) is 31.5 Å². The molecule has 0 unspecified atom stereocenters. The standard InChI is InChI=1S/C12H20N2O3S/c1-3-17-8-4-7-14-12-6-5-10(9-11(12)13)18(2,15)16/h5-6,9,14H,3-4,7-8,13H2,1-2H3. The topological polar surface area (TPSA) is 81.4 Å². The molecule has 0 fully saturated rings. The van der Waals surface area contributed by atoms with Crippen LogP contribution in [-0.4, -0.2) is 34.4 Å². The smallest absolute Gasteiger partial charge is 0.175 e. The van der Waals surface area contributed by atoms with Crippen LogP contribution in [0.4, 0.5) is 11.4 Å². The number of benzene rings is 1. The van der Waals surface area contributed by atoms with Gasteiger partial charge < -0.3 is 15.8 Å². The van der Waals surface area contributed by atoms with Crippen LogP contribution in [0, 0.1) is 0 Å². The van der Waals surface area contributed by atoms with Crippen LogP contribution in [0.5, 0.6) is 0 Å². The molecule has 5 nitrogen and oxygen atoms in total. The maximum atomic E-state index is 11.3. The molecule has 6 heteroatoms. The van der Waals surface area contributed by atoms with Crippen molar-refractivity contribution >= 4 is 21.2 Å². The molecule has 0 bridgehead atoms. The average Bonchev–Trinajstić information content (AvgIpc) is 2.29. The summed E-state index contributed by atoms with van der Waals surface area (Å²) in [4.78, 5) is 0.236. The molecule has 1 aromatic rings. The Morgan fingerprint density at radius 2 is 2.11 bits per heavy atom. The SMILES string of the molecule is CCOCCCNc1ccc(S(C)(=O)=O)cc1N. The van der Waals surface area contributed by atoms with Crippen molar-refractivity contribution < 1.29 is 13.2 Å². The lowest BCUT2D eigenvalue weighted by atomic mass is 10.2. The van der Waals surface area contributed by atoms with E-state index in [-0.39, 0.29) is 4.90 Å². The second kappa shape index (κ2) is 6.61. The molecule has 0 aliphatic heterocycles. The normalized spacial score (nSPS) is 11.4. The van der Waals surface area contributed by atoms with Gasteiger partial charge in [-0.2, -0.15) is 0 Å². The summed E-state index contributed by atoms with van der Waals surface area (Å²) in [7, 11) is -3.20. The van der Waals surface area contributed by atoms with Crippen LogP contribution in [0.1, 0.15) is 13.3 Å².